The lowest BCUT2D eigenvalue weighted by atomic mass is 9.97. The monoisotopic (exact) mass is 1650 g/mol. The van der Waals surface area contributed by atoms with Crippen LogP contribution in [0.3, 0.4) is 0 Å². The summed E-state index contributed by atoms with van der Waals surface area (Å²) in [4.78, 5) is 70.0. The van der Waals surface area contributed by atoms with Gasteiger partial charge in [0.2, 0.25) is 0 Å². The SMILES string of the molecule is Brc1cc(OCc2ccccc2)cc(Br)n1.O=C1OCCN1c1cc(=O)cc(C2(O)COC2)[nH]1.O=C1OCCN1c1cc(OCc2ccccc2)cc(C2(O)COC2)n1.O=C1OCCN1c1cc(OS(=O)(=O)C(F)(F)F)cc(C2(O)COC2)n1.OC1(c2cc(OCc3ccccc3)cc(Br)n2)COC1. The van der Waals surface area contributed by atoms with E-state index in [4.69, 9.17) is 47.4 Å². The fourth-order valence-corrected chi connectivity index (χ4v) is 12.0. The van der Waals surface area contributed by atoms with Crippen molar-refractivity contribution >= 4 is 93.6 Å². The van der Waals surface area contributed by atoms with Crippen molar-refractivity contribution in [3.8, 4) is 23.0 Å². The van der Waals surface area contributed by atoms with E-state index in [1.807, 2.05) is 103 Å². The van der Waals surface area contributed by atoms with E-state index < -0.39 is 62.1 Å². The van der Waals surface area contributed by atoms with Gasteiger partial charge in [-0.25, -0.2) is 34.3 Å². The summed E-state index contributed by atoms with van der Waals surface area (Å²) in [5.41, 5.74) is -6.43. The van der Waals surface area contributed by atoms with E-state index in [9.17, 15) is 61.2 Å². The number of anilines is 3. The molecule has 0 unspecified atom stereocenters. The third-order valence-electron chi connectivity index (χ3n) is 15.9. The maximum absolute atomic E-state index is 12.5. The number of H-pyrrole nitrogens is 1. The van der Waals surface area contributed by atoms with Gasteiger partial charge in [-0.15, -0.1) is 0 Å². The quantitative estimate of drug-likeness (QED) is 0.0232. The molecule has 7 saturated heterocycles. The second-order valence-corrected chi connectivity index (χ2v) is 27.8. The van der Waals surface area contributed by atoms with Crippen molar-refractivity contribution in [3.05, 3.63) is 215 Å². The molecule has 3 aromatic carbocycles. The van der Waals surface area contributed by atoms with Crippen LogP contribution in [-0.2, 0) is 85.5 Å². The predicted molar refractivity (Wildman–Crippen MR) is 370 cm³/mol. The highest BCUT2D eigenvalue weighted by atomic mass is 79.9. The number of nitrogens with one attached hydrogen (secondary N) is 1. The summed E-state index contributed by atoms with van der Waals surface area (Å²) < 4.78 is 118. The minimum atomic E-state index is -5.93. The zero-order valence-corrected chi connectivity index (χ0v) is 60.1. The number of alkyl halides is 3. The van der Waals surface area contributed by atoms with Gasteiger partial charge >= 0.3 is 33.9 Å². The third-order valence-corrected chi connectivity index (χ3v) is 18.1. The summed E-state index contributed by atoms with van der Waals surface area (Å²) in [6.45, 7) is 3.67. The molecule has 0 atom stereocenters. The number of benzene rings is 3. The van der Waals surface area contributed by atoms with Crippen LogP contribution in [0.4, 0.5) is 45.0 Å². The van der Waals surface area contributed by atoms with Gasteiger partial charge in [-0.05, 0) is 64.5 Å². The number of carbonyl (C=O) groups is 3. The lowest BCUT2D eigenvalue weighted by molar-refractivity contribution is -0.187. The number of rotatable bonds is 18. The van der Waals surface area contributed by atoms with Gasteiger partial charge < -0.3 is 77.0 Å². The van der Waals surface area contributed by atoms with Crippen molar-refractivity contribution in [3.63, 3.8) is 0 Å². The molecule has 0 saturated carbocycles. The molecule has 550 valence electrons. The van der Waals surface area contributed by atoms with Crippen LogP contribution in [0.2, 0.25) is 0 Å². The van der Waals surface area contributed by atoms with Crippen LogP contribution in [0.1, 0.15) is 39.5 Å². The molecule has 8 aromatic rings. The predicted octanol–water partition coefficient (Wildman–Crippen LogP) is 8.70. The Bertz CT molecular complexity index is 4510. The van der Waals surface area contributed by atoms with Crippen molar-refractivity contribution in [2.75, 3.05) is 107 Å². The van der Waals surface area contributed by atoms with Crippen molar-refractivity contribution in [2.45, 2.75) is 47.7 Å². The van der Waals surface area contributed by atoms with E-state index in [1.54, 1.807) is 24.3 Å². The van der Waals surface area contributed by atoms with Crippen LogP contribution in [0.5, 0.6) is 23.0 Å². The molecule has 7 fully saturated rings. The number of nitrogens with zero attached hydrogens (tertiary/aromatic N) is 7. The number of carbonyl (C=O) groups excluding carboxylic acids is 3. The zero-order valence-electron chi connectivity index (χ0n) is 54.5. The van der Waals surface area contributed by atoms with E-state index in [-0.39, 0.29) is 82.9 Å². The van der Waals surface area contributed by atoms with Crippen molar-refractivity contribution in [1.29, 1.82) is 0 Å². The van der Waals surface area contributed by atoms with Gasteiger partial charge in [0.1, 0.15) is 93.9 Å². The number of pyridine rings is 5. The van der Waals surface area contributed by atoms with Gasteiger partial charge in [0.25, 0.3) is 0 Å². The number of ether oxygens (including phenoxy) is 10. The average molecular weight is 1660 g/mol. The highest BCUT2D eigenvalue weighted by molar-refractivity contribution is 9.11. The van der Waals surface area contributed by atoms with E-state index in [1.165, 1.54) is 21.9 Å². The molecule has 7 aliphatic heterocycles. The number of halogens is 6. The average Bonchev–Trinajstić information content (AvgIpc) is 1.07. The molecule has 7 aliphatic rings. The Morgan fingerprint density at radius 2 is 0.798 bits per heavy atom. The van der Waals surface area contributed by atoms with Gasteiger partial charge in [0.05, 0.1) is 95.3 Å². The molecule has 0 bridgehead atoms. The maximum Gasteiger partial charge on any atom is 0.534 e. The van der Waals surface area contributed by atoms with E-state index in [0.29, 0.717) is 90.9 Å². The largest absolute Gasteiger partial charge is 0.534 e. The number of aromatic nitrogens is 5. The van der Waals surface area contributed by atoms with Gasteiger partial charge in [-0.1, -0.05) is 91.0 Å². The molecule has 36 heteroatoms. The molecule has 5 aromatic heterocycles. The summed E-state index contributed by atoms with van der Waals surface area (Å²) >= 11 is 9.98. The van der Waals surface area contributed by atoms with Crippen LogP contribution in [0.25, 0.3) is 0 Å². The smallest absolute Gasteiger partial charge is 0.489 e. The Labute approximate surface area is 615 Å². The first-order chi connectivity index (χ1) is 49.6. The van der Waals surface area contributed by atoms with Crippen LogP contribution >= 0.6 is 47.8 Å². The van der Waals surface area contributed by atoms with Crippen LogP contribution < -0.4 is 38.5 Å². The summed E-state index contributed by atoms with van der Waals surface area (Å²) in [7, 11) is -5.93. The first kappa shape index (κ1) is 76.2. The van der Waals surface area contributed by atoms with Crippen molar-refractivity contribution in [2.24, 2.45) is 0 Å². The summed E-state index contributed by atoms with van der Waals surface area (Å²) in [6, 6.07) is 44.6. The Morgan fingerprint density at radius 1 is 0.452 bits per heavy atom. The number of cyclic esters (lactones) is 3. The van der Waals surface area contributed by atoms with Crippen LogP contribution in [0.15, 0.2) is 170 Å². The molecule has 3 amide bonds. The lowest BCUT2D eigenvalue weighted by Gasteiger charge is -2.36. The number of amides is 3. The molecular formula is C68H64Br3F3N8O21S. The summed E-state index contributed by atoms with van der Waals surface area (Å²) in [5, 5.41) is 41.2. The standard InChI is InChI=1S/C18H18N2O5.C15H14BrNO3.C12H9Br2NO.C12H11F3N2O7S.C11H12N2O5/c21-17-20(6-7-24-17)16-9-14(25-10-13-4-2-1-3-5-13)8-15(19-16)18(22)11-23-12-18;16-14-7-12(20-8-11-4-2-1-3-5-11)6-13(17-14)15(18)9-19-10-15;13-11-6-10(7-12(14)15-11)16-8-9-4-2-1-3-5-9;13-12(14,15)25(20,21)24-7-3-8(11(19)5-22-6-11)16-9(4-7)17-1-2-23-10(17)18;14-7-3-8(11(16)5-17-6-11)12-9(4-7)13-1-2-18-10(13)15/h1-5,8-9,22H,6-7,10-12H2;1-7,18H,8-10H2;1-7H,8H2;3-4,19H,1-2,5-6H2;3-4,16H,1-2,5-6H2,(H,12,14). The van der Waals surface area contributed by atoms with Crippen LogP contribution in [-0.4, -0.2) is 170 Å². The van der Waals surface area contributed by atoms with E-state index in [0.717, 1.165) is 48.7 Å². The first-order valence-electron chi connectivity index (χ1n) is 31.5. The maximum atomic E-state index is 12.5. The zero-order chi connectivity index (χ0) is 73.9. The van der Waals surface area contributed by atoms with Crippen molar-refractivity contribution in [1.82, 2.24) is 24.9 Å². The Hall–Kier alpha value is -8.92. The molecule has 0 spiro atoms. The highest BCUT2D eigenvalue weighted by Gasteiger charge is 2.50. The normalized spacial score (nSPS) is 17.8. The van der Waals surface area contributed by atoms with Gasteiger partial charge in [-0.2, -0.15) is 21.6 Å². The number of hydrogen-bond donors (Lipinski definition) is 5. The lowest BCUT2D eigenvalue weighted by Crippen LogP contribution is -2.47. The van der Waals surface area contributed by atoms with E-state index in [2.05, 4.69) is 76.9 Å². The second kappa shape index (κ2) is 33.0. The number of aromatic amines is 1. The second-order valence-electron chi connectivity index (χ2n) is 23.9. The Balaban J connectivity index is 0.000000131. The molecule has 5 N–H and O–H groups in total. The minimum Gasteiger partial charge on any atom is -0.489 e. The molecule has 29 nitrogen and oxygen atoms in total. The Kier molecular flexibility index (Phi) is 24.2. The van der Waals surface area contributed by atoms with Crippen molar-refractivity contribution < 1.29 is 108 Å². The molecule has 0 radical (unpaired) electrons. The number of aliphatic hydroxyl groups is 4. The molecular weight excluding hydrogens is 1590 g/mol. The van der Waals surface area contributed by atoms with Gasteiger partial charge in [0.15, 0.2) is 27.8 Å². The fourth-order valence-electron chi connectivity index (χ4n) is 10.1. The molecule has 15 rings (SSSR count). The molecule has 0 aliphatic carbocycles. The first-order valence-corrected chi connectivity index (χ1v) is 35.3. The highest BCUT2D eigenvalue weighted by Crippen LogP contribution is 2.38. The van der Waals surface area contributed by atoms with Gasteiger partial charge in [0, 0.05) is 60.7 Å². The summed E-state index contributed by atoms with van der Waals surface area (Å²) in [6.07, 6.45) is -1.76. The minimum absolute atomic E-state index is 0.0230. The molecule has 12 heterocycles. The van der Waals surface area contributed by atoms with E-state index >= 15 is 0 Å². The Morgan fingerprint density at radius 3 is 1.16 bits per heavy atom. The molecule has 104 heavy (non-hydrogen) atoms. The third kappa shape index (κ3) is 19.3. The van der Waals surface area contributed by atoms with Gasteiger partial charge in [-0.3, -0.25) is 19.5 Å². The summed E-state index contributed by atoms with van der Waals surface area (Å²) in [5.74, 6) is 1.77. The topological polar surface area (TPSA) is 362 Å². The number of hydrogen-bond acceptors (Lipinski definition) is 25. The fraction of sp³-hybridized carbons (Fsp3) is 0.324. The van der Waals surface area contributed by atoms with Crippen LogP contribution in [0, 0.1) is 0 Å².